The molecule has 0 saturated carbocycles. The minimum absolute atomic E-state index is 0.00360. The third kappa shape index (κ3) is 5.46. The van der Waals surface area contributed by atoms with Gasteiger partial charge in [0, 0.05) is 30.1 Å². The number of nitrogens with zero attached hydrogens (tertiary/aromatic N) is 1. The van der Waals surface area contributed by atoms with Crippen LogP contribution in [0.25, 0.3) is 0 Å². The van der Waals surface area contributed by atoms with Gasteiger partial charge in [0.15, 0.2) is 0 Å². The number of halogens is 2. The van der Waals surface area contributed by atoms with E-state index in [1.807, 2.05) is 24.4 Å². The SMILES string of the molecule is CC(c1ccc(Cl)cc1Cl)N(C)C(=O)CCCNC(=O)c1cccs1. The number of rotatable bonds is 7. The van der Waals surface area contributed by atoms with Crippen molar-refractivity contribution in [3.8, 4) is 0 Å². The summed E-state index contributed by atoms with van der Waals surface area (Å²) in [4.78, 5) is 26.5. The molecule has 1 N–H and O–H groups in total. The summed E-state index contributed by atoms with van der Waals surface area (Å²) in [6, 6.07) is 8.72. The third-order valence-electron chi connectivity index (χ3n) is 3.98. The van der Waals surface area contributed by atoms with E-state index in [-0.39, 0.29) is 17.9 Å². The Bertz CT molecular complexity index is 735. The van der Waals surface area contributed by atoms with Crippen LogP contribution in [0.5, 0.6) is 0 Å². The molecular weight excluding hydrogens is 379 g/mol. The molecule has 7 heteroatoms. The van der Waals surface area contributed by atoms with E-state index in [1.54, 1.807) is 30.1 Å². The van der Waals surface area contributed by atoms with Crippen molar-refractivity contribution in [2.45, 2.75) is 25.8 Å². The number of nitrogens with one attached hydrogen (secondary N) is 1. The number of thiophene rings is 1. The number of amides is 2. The predicted octanol–water partition coefficient (Wildman–Crippen LogP) is 4.78. The molecular formula is C18H20Cl2N2O2S. The first-order valence-corrected chi connectivity index (χ1v) is 9.56. The summed E-state index contributed by atoms with van der Waals surface area (Å²) in [6.07, 6.45) is 0.943. The summed E-state index contributed by atoms with van der Waals surface area (Å²) in [5.41, 5.74) is 0.855. The van der Waals surface area contributed by atoms with E-state index in [4.69, 9.17) is 23.2 Å². The smallest absolute Gasteiger partial charge is 0.261 e. The molecule has 0 aliphatic carbocycles. The molecule has 0 spiro atoms. The van der Waals surface area contributed by atoms with Crippen LogP contribution in [0.15, 0.2) is 35.7 Å². The average Bonchev–Trinajstić information content (AvgIpc) is 3.11. The Morgan fingerprint density at radius 2 is 2.04 bits per heavy atom. The lowest BCUT2D eigenvalue weighted by atomic mass is 10.1. The van der Waals surface area contributed by atoms with Gasteiger partial charge in [-0.1, -0.05) is 35.3 Å². The number of carbonyl (C=O) groups excluding carboxylic acids is 2. The molecule has 0 fully saturated rings. The maximum atomic E-state index is 12.4. The summed E-state index contributed by atoms with van der Waals surface area (Å²) in [5.74, 6) is -0.0963. The van der Waals surface area contributed by atoms with Crippen LogP contribution >= 0.6 is 34.5 Å². The van der Waals surface area contributed by atoms with Gasteiger partial charge >= 0.3 is 0 Å². The zero-order chi connectivity index (χ0) is 18.4. The van der Waals surface area contributed by atoms with E-state index in [9.17, 15) is 9.59 Å². The van der Waals surface area contributed by atoms with Crippen molar-refractivity contribution in [2.24, 2.45) is 0 Å². The molecule has 0 aliphatic heterocycles. The highest BCUT2D eigenvalue weighted by molar-refractivity contribution is 7.12. The molecule has 25 heavy (non-hydrogen) atoms. The molecule has 2 amide bonds. The van der Waals surface area contributed by atoms with E-state index >= 15 is 0 Å². The first-order chi connectivity index (χ1) is 11.9. The van der Waals surface area contributed by atoms with Crippen LogP contribution in [0.2, 0.25) is 10.0 Å². The molecule has 1 heterocycles. The van der Waals surface area contributed by atoms with Gasteiger partial charge in [-0.3, -0.25) is 9.59 Å². The van der Waals surface area contributed by atoms with Crippen molar-refractivity contribution in [2.75, 3.05) is 13.6 Å². The Balaban J connectivity index is 1.80. The monoisotopic (exact) mass is 398 g/mol. The normalized spacial score (nSPS) is 11.8. The topological polar surface area (TPSA) is 49.4 Å². The molecule has 4 nitrogen and oxygen atoms in total. The molecule has 1 aromatic heterocycles. The molecule has 0 radical (unpaired) electrons. The van der Waals surface area contributed by atoms with Crippen molar-refractivity contribution in [3.05, 3.63) is 56.2 Å². The van der Waals surface area contributed by atoms with E-state index in [0.29, 0.717) is 34.3 Å². The lowest BCUT2D eigenvalue weighted by Crippen LogP contribution is -2.31. The van der Waals surface area contributed by atoms with Crippen LogP contribution in [0.3, 0.4) is 0 Å². The predicted molar refractivity (Wildman–Crippen MR) is 104 cm³/mol. The molecule has 1 unspecified atom stereocenters. The van der Waals surface area contributed by atoms with Gasteiger partial charge in [-0.15, -0.1) is 11.3 Å². The minimum atomic E-state index is -0.155. The fraction of sp³-hybridized carbons (Fsp3) is 0.333. The van der Waals surface area contributed by atoms with Crippen molar-refractivity contribution < 1.29 is 9.59 Å². The van der Waals surface area contributed by atoms with Crippen molar-refractivity contribution in [1.82, 2.24) is 10.2 Å². The van der Waals surface area contributed by atoms with Crippen LogP contribution < -0.4 is 5.32 Å². The summed E-state index contributed by atoms with van der Waals surface area (Å²) < 4.78 is 0. The van der Waals surface area contributed by atoms with E-state index < -0.39 is 0 Å². The van der Waals surface area contributed by atoms with Crippen LogP contribution in [0, 0.1) is 0 Å². The Kier molecular flexibility index (Phi) is 7.29. The summed E-state index contributed by atoms with van der Waals surface area (Å²) in [5, 5.41) is 5.79. The van der Waals surface area contributed by atoms with E-state index in [1.165, 1.54) is 11.3 Å². The first kappa shape index (κ1) is 19.8. The van der Waals surface area contributed by atoms with E-state index in [2.05, 4.69) is 5.32 Å². The second kappa shape index (κ2) is 9.22. The van der Waals surface area contributed by atoms with Gasteiger partial charge in [-0.25, -0.2) is 0 Å². The molecule has 1 atom stereocenters. The van der Waals surface area contributed by atoms with Crippen molar-refractivity contribution in [3.63, 3.8) is 0 Å². The quantitative estimate of drug-likeness (QED) is 0.681. The third-order valence-corrected chi connectivity index (χ3v) is 5.42. The summed E-state index contributed by atoms with van der Waals surface area (Å²) >= 11 is 13.5. The van der Waals surface area contributed by atoms with Crippen LogP contribution in [0.4, 0.5) is 0 Å². The Labute approximate surface area is 161 Å². The lowest BCUT2D eigenvalue weighted by molar-refractivity contribution is -0.131. The van der Waals surface area contributed by atoms with Crippen LogP contribution in [-0.4, -0.2) is 30.3 Å². The number of benzene rings is 1. The van der Waals surface area contributed by atoms with Crippen molar-refractivity contribution >= 4 is 46.4 Å². The summed E-state index contributed by atoms with van der Waals surface area (Å²) in [6.45, 7) is 2.39. The molecule has 0 aliphatic rings. The molecule has 2 rings (SSSR count). The maximum absolute atomic E-state index is 12.4. The highest BCUT2D eigenvalue weighted by Gasteiger charge is 2.19. The number of hydrogen-bond acceptors (Lipinski definition) is 3. The van der Waals surface area contributed by atoms with Crippen LogP contribution in [-0.2, 0) is 4.79 Å². The molecule has 0 bridgehead atoms. The lowest BCUT2D eigenvalue weighted by Gasteiger charge is -2.26. The second-order valence-electron chi connectivity index (χ2n) is 5.68. The van der Waals surface area contributed by atoms with Gasteiger partial charge < -0.3 is 10.2 Å². The Morgan fingerprint density at radius 3 is 2.68 bits per heavy atom. The van der Waals surface area contributed by atoms with Crippen LogP contribution in [0.1, 0.15) is 41.0 Å². The zero-order valence-electron chi connectivity index (χ0n) is 14.1. The second-order valence-corrected chi connectivity index (χ2v) is 7.47. The molecule has 2 aromatic rings. The average molecular weight is 399 g/mol. The fourth-order valence-corrected chi connectivity index (χ4v) is 3.58. The maximum Gasteiger partial charge on any atom is 0.261 e. The van der Waals surface area contributed by atoms with Gasteiger partial charge in [0.05, 0.1) is 10.9 Å². The Morgan fingerprint density at radius 1 is 1.28 bits per heavy atom. The van der Waals surface area contributed by atoms with Gasteiger partial charge in [-0.2, -0.15) is 0 Å². The molecule has 0 saturated heterocycles. The van der Waals surface area contributed by atoms with Gasteiger partial charge in [0.25, 0.3) is 5.91 Å². The highest BCUT2D eigenvalue weighted by atomic mass is 35.5. The number of carbonyl (C=O) groups is 2. The van der Waals surface area contributed by atoms with E-state index in [0.717, 1.165) is 5.56 Å². The zero-order valence-corrected chi connectivity index (χ0v) is 16.4. The summed E-state index contributed by atoms with van der Waals surface area (Å²) in [7, 11) is 1.75. The fourth-order valence-electron chi connectivity index (χ4n) is 2.38. The first-order valence-electron chi connectivity index (χ1n) is 7.92. The Hall–Kier alpha value is -1.56. The highest BCUT2D eigenvalue weighted by Crippen LogP contribution is 2.29. The number of hydrogen-bond donors (Lipinski definition) is 1. The molecule has 1 aromatic carbocycles. The molecule has 134 valence electrons. The standard InChI is InChI=1S/C18H20Cl2N2O2S/c1-12(14-8-7-13(19)11-15(14)20)22(2)17(23)6-3-9-21-18(24)16-5-4-10-25-16/h4-5,7-8,10-12H,3,6,9H2,1-2H3,(H,21,24). The van der Waals surface area contributed by atoms with Gasteiger partial charge in [0.2, 0.25) is 5.91 Å². The van der Waals surface area contributed by atoms with Gasteiger partial charge in [0.1, 0.15) is 0 Å². The minimum Gasteiger partial charge on any atom is -0.351 e. The largest absolute Gasteiger partial charge is 0.351 e. The van der Waals surface area contributed by atoms with Gasteiger partial charge in [-0.05, 0) is 42.5 Å². The van der Waals surface area contributed by atoms with Crippen molar-refractivity contribution in [1.29, 1.82) is 0 Å².